The Morgan fingerprint density at radius 2 is 0.591 bits per heavy atom. The smallest absolute Gasteiger partial charge is 0.0148 e. The largest absolute Gasteiger partial charge is 0.260 e. The Morgan fingerprint density at radius 3 is 0.727 bits per heavy atom. The summed E-state index contributed by atoms with van der Waals surface area (Å²) < 4.78 is 9.56. The van der Waals surface area contributed by atoms with E-state index in [9.17, 15) is 4.21 Å². The summed E-state index contributed by atoms with van der Waals surface area (Å²) in [7, 11) is -0.611. The molecule has 0 saturated carbocycles. The summed E-state index contributed by atoms with van der Waals surface area (Å²) in [6, 6.07) is 0. The predicted octanol–water partition coefficient (Wildman–Crippen LogP) is 7.26. The second kappa shape index (κ2) is 23.4. The van der Waals surface area contributed by atoms with Crippen LogP contribution in [0.4, 0.5) is 0 Å². The van der Waals surface area contributed by atoms with Crippen molar-refractivity contribution in [3.8, 4) is 0 Å². The average molecular weight is 333 g/mol. The molecule has 1 nitrogen and oxygen atoms in total. The van der Waals surface area contributed by atoms with E-state index < -0.39 is 10.8 Å². The van der Waals surface area contributed by atoms with E-state index >= 15 is 0 Å². The standard InChI is InChI=1S/C18H38.C2H6OS/c1-3-5-7-9-11-13-15-17-18-16-14-12-10-8-6-4-2;1-4(2)3/h3-18H2,1-2H3;1-2H3. The van der Waals surface area contributed by atoms with E-state index in [2.05, 4.69) is 13.8 Å². The van der Waals surface area contributed by atoms with Gasteiger partial charge in [-0.15, -0.1) is 0 Å². The Labute approximate surface area is 144 Å². The van der Waals surface area contributed by atoms with E-state index in [0.29, 0.717) is 0 Å². The highest BCUT2D eigenvalue weighted by molar-refractivity contribution is 7.83. The van der Waals surface area contributed by atoms with Crippen molar-refractivity contribution < 1.29 is 4.21 Å². The fourth-order valence-corrected chi connectivity index (χ4v) is 2.62. The van der Waals surface area contributed by atoms with Crippen molar-refractivity contribution in [2.24, 2.45) is 0 Å². The third kappa shape index (κ3) is 32.2. The molecule has 0 aromatic rings. The molecule has 0 aromatic carbocycles. The molecule has 0 fully saturated rings. The molecular weight excluding hydrogens is 288 g/mol. The lowest BCUT2D eigenvalue weighted by Crippen LogP contribution is -1.83. The minimum atomic E-state index is -0.611. The lowest BCUT2D eigenvalue weighted by Gasteiger charge is -2.03. The van der Waals surface area contributed by atoms with Crippen LogP contribution in [0.2, 0.25) is 0 Å². The molecule has 0 N–H and O–H groups in total. The molecular formula is C20H44OS. The summed E-state index contributed by atoms with van der Waals surface area (Å²) in [5.41, 5.74) is 0. The van der Waals surface area contributed by atoms with Gasteiger partial charge >= 0.3 is 0 Å². The van der Waals surface area contributed by atoms with Crippen molar-refractivity contribution in [2.45, 2.75) is 117 Å². The van der Waals surface area contributed by atoms with Crippen LogP contribution < -0.4 is 0 Å². The second-order valence-electron chi connectivity index (χ2n) is 6.69. The lowest BCUT2D eigenvalue weighted by molar-refractivity contribution is 0.531. The Kier molecular flexibility index (Phi) is 26.0. The molecule has 0 bridgehead atoms. The molecule has 0 rings (SSSR count). The van der Waals surface area contributed by atoms with Crippen LogP contribution >= 0.6 is 0 Å². The van der Waals surface area contributed by atoms with Gasteiger partial charge in [0.2, 0.25) is 0 Å². The average Bonchev–Trinajstić information content (AvgIpc) is 2.47. The van der Waals surface area contributed by atoms with Crippen LogP contribution in [0.3, 0.4) is 0 Å². The van der Waals surface area contributed by atoms with Gasteiger partial charge in [0.25, 0.3) is 0 Å². The van der Waals surface area contributed by atoms with Gasteiger partial charge in [-0.3, -0.25) is 4.21 Å². The maximum absolute atomic E-state index is 9.56. The summed E-state index contributed by atoms with van der Waals surface area (Å²) in [4.78, 5) is 0. The fourth-order valence-electron chi connectivity index (χ4n) is 2.62. The van der Waals surface area contributed by atoms with E-state index in [1.807, 2.05) is 0 Å². The minimum absolute atomic E-state index is 0.611. The van der Waals surface area contributed by atoms with Crippen LogP contribution in [0.1, 0.15) is 117 Å². The molecule has 136 valence electrons. The summed E-state index contributed by atoms with van der Waals surface area (Å²) in [5.74, 6) is 0. The summed E-state index contributed by atoms with van der Waals surface area (Å²) in [6.45, 7) is 4.59. The molecule has 0 radical (unpaired) electrons. The van der Waals surface area contributed by atoms with E-state index in [1.54, 1.807) is 12.5 Å². The van der Waals surface area contributed by atoms with Crippen molar-refractivity contribution in [2.75, 3.05) is 12.5 Å². The number of rotatable bonds is 15. The normalized spacial score (nSPS) is 10.6. The summed E-state index contributed by atoms with van der Waals surface area (Å²) in [5, 5.41) is 0. The highest BCUT2D eigenvalue weighted by Gasteiger charge is 1.93. The number of hydrogen-bond acceptors (Lipinski definition) is 1. The minimum Gasteiger partial charge on any atom is -0.260 e. The molecule has 0 unspecified atom stereocenters. The van der Waals surface area contributed by atoms with Gasteiger partial charge in [-0.1, -0.05) is 117 Å². The molecule has 0 saturated heterocycles. The topological polar surface area (TPSA) is 17.1 Å². The van der Waals surface area contributed by atoms with Crippen molar-refractivity contribution in [1.82, 2.24) is 0 Å². The molecule has 0 aliphatic rings. The van der Waals surface area contributed by atoms with Gasteiger partial charge in [0.15, 0.2) is 0 Å². The van der Waals surface area contributed by atoms with Crippen molar-refractivity contribution in [1.29, 1.82) is 0 Å². The first-order valence-corrected chi connectivity index (χ1v) is 11.9. The van der Waals surface area contributed by atoms with Gasteiger partial charge in [-0.2, -0.15) is 0 Å². The lowest BCUT2D eigenvalue weighted by atomic mass is 10.0. The monoisotopic (exact) mass is 332 g/mol. The maximum Gasteiger partial charge on any atom is 0.0148 e. The zero-order chi connectivity index (χ0) is 16.9. The van der Waals surface area contributed by atoms with Crippen LogP contribution in [-0.2, 0) is 10.8 Å². The van der Waals surface area contributed by atoms with E-state index in [0.717, 1.165) is 0 Å². The maximum atomic E-state index is 9.56. The molecule has 0 amide bonds. The van der Waals surface area contributed by atoms with E-state index in [1.165, 1.54) is 103 Å². The van der Waals surface area contributed by atoms with Gasteiger partial charge in [0, 0.05) is 23.3 Å². The molecule has 2 heteroatoms. The van der Waals surface area contributed by atoms with Crippen molar-refractivity contribution in [3.05, 3.63) is 0 Å². The Bertz CT molecular complexity index is 184. The number of unbranched alkanes of at least 4 members (excludes halogenated alkanes) is 15. The quantitative estimate of drug-likeness (QED) is 0.288. The van der Waals surface area contributed by atoms with Crippen LogP contribution in [0.5, 0.6) is 0 Å². The van der Waals surface area contributed by atoms with Crippen LogP contribution in [0.15, 0.2) is 0 Å². The van der Waals surface area contributed by atoms with Gasteiger partial charge < -0.3 is 0 Å². The predicted molar refractivity (Wildman–Crippen MR) is 105 cm³/mol. The van der Waals surface area contributed by atoms with Crippen LogP contribution in [0.25, 0.3) is 0 Å². The fraction of sp³-hybridized carbons (Fsp3) is 1.00. The molecule has 22 heavy (non-hydrogen) atoms. The van der Waals surface area contributed by atoms with Gasteiger partial charge in [-0.25, -0.2) is 0 Å². The molecule has 0 aromatic heterocycles. The Morgan fingerprint density at radius 1 is 0.455 bits per heavy atom. The first kappa shape index (κ1) is 24.4. The molecule has 0 spiro atoms. The number of hydrogen-bond donors (Lipinski definition) is 0. The van der Waals surface area contributed by atoms with Gasteiger partial charge in [-0.05, 0) is 0 Å². The third-order valence-electron chi connectivity index (χ3n) is 3.96. The molecule has 0 aliphatic heterocycles. The van der Waals surface area contributed by atoms with Crippen LogP contribution in [-0.4, -0.2) is 16.7 Å². The highest BCUT2D eigenvalue weighted by atomic mass is 32.2. The SMILES string of the molecule is CCCCCCCCCCCCCCCCCC.CS(C)=O. The zero-order valence-electron chi connectivity index (χ0n) is 16.1. The third-order valence-corrected chi connectivity index (χ3v) is 3.96. The molecule has 0 aliphatic carbocycles. The van der Waals surface area contributed by atoms with Crippen molar-refractivity contribution >= 4 is 10.8 Å². The van der Waals surface area contributed by atoms with Crippen LogP contribution in [0, 0.1) is 0 Å². The second-order valence-corrected chi connectivity index (χ2v) is 8.17. The first-order chi connectivity index (χ1) is 10.6. The Hall–Kier alpha value is 0.150. The van der Waals surface area contributed by atoms with E-state index in [4.69, 9.17) is 0 Å². The van der Waals surface area contributed by atoms with E-state index in [-0.39, 0.29) is 0 Å². The molecule has 0 heterocycles. The van der Waals surface area contributed by atoms with Crippen molar-refractivity contribution in [3.63, 3.8) is 0 Å². The zero-order valence-corrected chi connectivity index (χ0v) is 16.9. The first-order valence-electron chi connectivity index (χ1n) is 9.90. The van der Waals surface area contributed by atoms with Gasteiger partial charge in [0.1, 0.15) is 0 Å². The summed E-state index contributed by atoms with van der Waals surface area (Å²) >= 11 is 0. The molecule has 0 atom stereocenters. The highest BCUT2D eigenvalue weighted by Crippen LogP contribution is 2.13. The van der Waals surface area contributed by atoms with Gasteiger partial charge in [0.05, 0.1) is 0 Å². The Balaban J connectivity index is 0. The summed E-state index contributed by atoms with van der Waals surface area (Å²) in [6.07, 6.45) is 26.7.